The number of aromatic nitrogens is 2. The Kier molecular flexibility index (Phi) is 3.93. The molecular weight excluding hydrogens is 310 g/mol. The summed E-state index contributed by atoms with van der Waals surface area (Å²) in [5.41, 5.74) is 1.15. The molecule has 0 unspecified atom stereocenters. The monoisotopic (exact) mass is 331 g/mol. The number of amides is 1. The highest BCUT2D eigenvalue weighted by Crippen LogP contribution is 2.34. The van der Waals surface area contributed by atoms with Gasteiger partial charge in [0.05, 0.1) is 10.8 Å². The minimum Gasteiger partial charge on any atom is -0.339 e. The minimum absolute atomic E-state index is 0.126. The molecular formula is C17H21N3O2S. The first kappa shape index (κ1) is 14.9. The smallest absolute Gasteiger partial charge is 0.263 e. The Morgan fingerprint density at radius 2 is 2.13 bits per heavy atom. The molecule has 1 amide bonds. The third kappa shape index (κ3) is 2.92. The third-order valence-corrected chi connectivity index (χ3v) is 5.98. The summed E-state index contributed by atoms with van der Waals surface area (Å²) in [6, 6.07) is 1.96. The summed E-state index contributed by atoms with van der Waals surface area (Å²) < 4.78 is 5.50. The molecule has 3 heterocycles. The van der Waals surface area contributed by atoms with Crippen LogP contribution in [0.3, 0.4) is 0 Å². The number of carbonyl (C=O) groups excluding carboxylic acids is 1. The summed E-state index contributed by atoms with van der Waals surface area (Å²) in [5.74, 6) is 2.37. The topological polar surface area (TPSA) is 59.2 Å². The Balaban J connectivity index is 1.43. The van der Waals surface area contributed by atoms with Gasteiger partial charge in [0.1, 0.15) is 0 Å². The molecule has 1 aliphatic carbocycles. The second-order valence-corrected chi connectivity index (χ2v) is 7.61. The van der Waals surface area contributed by atoms with E-state index in [1.807, 2.05) is 23.3 Å². The van der Waals surface area contributed by atoms with E-state index < -0.39 is 0 Å². The lowest BCUT2D eigenvalue weighted by Crippen LogP contribution is -2.27. The molecule has 0 spiro atoms. The minimum atomic E-state index is 0.126. The van der Waals surface area contributed by atoms with E-state index in [2.05, 4.69) is 10.1 Å². The molecule has 1 aliphatic heterocycles. The van der Waals surface area contributed by atoms with E-state index in [1.54, 1.807) is 0 Å². The number of rotatable bonds is 3. The standard InChI is InChI=1S/C17H21N3O2S/c1-11-8-14(23-10-11)17(21)20-7-6-13(9-20)16-18-15(19-22-16)12-4-2-3-5-12/h8,10,12-13H,2-7,9H2,1H3/t13-/m0/s1. The Bertz CT molecular complexity index is 702. The fourth-order valence-electron chi connectivity index (χ4n) is 3.61. The van der Waals surface area contributed by atoms with Gasteiger partial charge < -0.3 is 9.42 Å². The van der Waals surface area contributed by atoms with E-state index in [4.69, 9.17) is 4.52 Å². The molecule has 1 saturated heterocycles. The second-order valence-electron chi connectivity index (χ2n) is 6.70. The molecule has 2 aliphatic rings. The lowest BCUT2D eigenvalue weighted by atomic mass is 10.1. The van der Waals surface area contributed by atoms with Crippen LogP contribution < -0.4 is 0 Å². The Morgan fingerprint density at radius 1 is 1.30 bits per heavy atom. The first-order valence-corrected chi connectivity index (χ1v) is 9.26. The van der Waals surface area contributed by atoms with Gasteiger partial charge >= 0.3 is 0 Å². The molecule has 2 aromatic heterocycles. The quantitative estimate of drug-likeness (QED) is 0.860. The van der Waals surface area contributed by atoms with Crippen molar-refractivity contribution < 1.29 is 9.32 Å². The zero-order chi connectivity index (χ0) is 15.8. The molecule has 5 nitrogen and oxygen atoms in total. The largest absolute Gasteiger partial charge is 0.339 e. The van der Waals surface area contributed by atoms with Gasteiger partial charge in [0.2, 0.25) is 5.89 Å². The predicted molar refractivity (Wildman–Crippen MR) is 87.8 cm³/mol. The fraction of sp³-hybridized carbons (Fsp3) is 0.588. The van der Waals surface area contributed by atoms with Crippen molar-refractivity contribution in [1.29, 1.82) is 0 Å². The van der Waals surface area contributed by atoms with Crippen molar-refractivity contribution in [2.45, 2.75) is 50.9 Å². The third-order valence-electron chi connectivity index (χ3n) is 4.94. The van der Waals surface area contributed by atoms with Gasteiger partial charge in [-0.15, -0.1) is 11.3 Å². The molecule has 2 fully saturated rings. The lowest BCUT2D eigenvalue weighted by Gasteiger charge is -2.14. The Hall–Kier alpha value is -1.69. The fourth-order valence-corrected chi connectivity index (χ4v) is 4.47. The van der Waals surface area contributed by atoms with E-state index in [0.717, 1.165) is 29.2 Å². The maximum Gasteiger partial charge on any atom is 0.263 e. The maximum atomic E-state index is 12.5. The van der Waals surface area contributed by atoms with Crippen molar-refractivity contribution in [1.82, 2.24) is 15.0 Å². The van der Waals surface area contributed by atoms with Crippen LogP contribution >= 0.6 is 11.3 Å². The van der Waals surface area contributed by atoms with E-state index >= 15 is 0 Å². The molecule has 0 aromatic carbocycles. The lowest BCUT2D eigenvalue weighted by molar-refractivity contribution is 0.0794. The molecule has 0 radical (unpaired) electrons. The molecule has 0 bridgehead atoms. The van der Waals surface area contributed by atoms with Gasteiger partial charge in [-0.05, 0) is 43.2 Å². The zero-order valence-electron chi connectivity index (χ0n) is 13.3. The van der Waals surface area contributed by atoms with Gasteiger partial charge in [0.25, 0.3) is 5.91 Å². The molecule has 4 rings (SSSR count). The Morgan fingerprint density at radius 3 is 2.87 bits per heavy atom. The van der Waals surface area contributed by atoms with E-state index in [0.29, 0.717) is 18.4 Å². The van der Waals surface area contributed by atoms with Gasteiger partial charge in [0, 0.05) is 19.0 Å². The average molecular weight is 331 g/mol. The van der Waals surface area contributed by atoms with Crippen LogP contribution in [0.1, 0.15) is 70.9 Å². The summed E-state index contributed by atoms with van der Waals surface area (Å²) in [6.07, 6.45) is 5.78. The number of hydrogen-bond donors (Lipinski definition) is 0. The average Bonchev–Trinajstić information content (AvgIpc) is 3.30. The molecule has 6 heteroatoms. The van der Waals surface area contributed by atoms with Crippen molar-refractivity contribution in [2.24, 2.45) is 0 Å². The number of aryl methyl sites for hydroxylation is 1. The van der Waals surface area contributed by atoms with Crippen molar-refractivity contribution in [3.8, 4) is 0 Å². The zero-order valence-corrected chi connectivity index (χ0v) is 14.1. The highest BCUT2D eigenvalue weighted by molar-refractivity contribution is 7.12. The molecule has 2 aromatic rings. The second kappa shape index (κ2) is 6.07. The Labute approximate surface area is 139 Å². The van der Waals surface area contributed by atoms with Crippen molar-refractivity contribution in [3.63, 3.8) is 0 Å². The number of thiophene rings is 1. The van der Waals surface area contributed by atoms with Crippen LogP contribution in [0.2, 0.25) is 0 Å². The highest BCUT2D eigenvalue weighted by Gasteiger charge is 2.33. The van der Waals surface area contributed by atoms with E-state index in [-0.39, 0.29) is 11.8 Å². The van der Waals surface area contributed by atoms with E-state index in [9.17, 15) is 4.79 Å². The number of hydrogen-bond acceptors (Lipinski definition) is 5. The summed E-state index contributed by atoms with van der Waals surface area (Å²) in [5, 5.41) is 6.21. The summed E-state index contributed by atoms with van der Waals surface area (Å²) in [4.78, 5) is 19.9. The van der Waals surface area contributed by atoms with Gasteiger partial charge in [-0.3, -0.25) is 4.79 Å². The van der Waals surface area contributed by atoms with Gasteiger partial charge in [-0.25, -0.2) is 0 Å². The summed E-state index contributed by atoms with van der Waals surface area (Å²) in [6.45, 7) is 3.47. The number of likely N-dealkylation sites (tertiary alicyclic amines) is 1. The van der Waals surface area contributed by atoms with Crippen LogP contribution in [-0.4, -0.2) is 34.0 Å². The van der Waals surface area contributed by atoms with Crippen molar-refractivity contribution >= 4 is 17.2 Å². The maximum absolute atomic E-state index is 12.5. The summed E-state index contributed by atoms with van der Waals surface area (Å²) in [7, 11) is 0. The number of nitrogens with zero attached hydrogens (tertiary/aromatic N) is 3. The SMILES string of the molecule is Cc1csc(C(=O)N2CC[C@H](c3nc(C4CCCC4)no3)C2)c1. The van der Waals surface area contributed by atoms with Gasteiger partial charge in [-0.2, -0.15) is 4.98 Å². The molecule has 122 valence electrons. The van der Waals surface area contributed by atoms with Gasteiger partial charge in [0.15, 0.2) is 5.82 Å². The molecule has 1 saturated carbocycles. The predicted octanol–water partition coefficient (Wildman–Crippen LogP) is 3.73. The van der Waals surface area contributed by atoms with Crippen LogP contribution in [-0.2, 0) is 0 Å². The van der Waals surface area contributed by atoms with Crippen LogP contribution in [0.15, 0.2) is 16.0 Å². The van der Waals surface area contributed by atoms with Gasteiger partial charge in [-0.1, -0.05) is 18.0 Å². The first-order valence-electron chi connectivity index (χ1n) is 8.38. The van der Waals surface area contributed by atoms with Crippen molar-refractivity contribution in [3.05, 3.63) is 33.6 Å². The molecule has 0 N–H and O–H groups in total. The first-order chi connectivity index (χ1) is 11.2. The van der Waals surface area contributed by atoms with Crippen molar-refractivity contribution in [2.75, 3.05) is 13.1 Å². The normalized spacial score (nSPS) is 22.1. The van der Waals surface area contributed by atoms with Crippen LogP contribution in [0.4, 0.5) is 0 Å². The van der Waals surface area contributed by atoms with E-state index in [1.165, 1.54) is 37.0 Å². The van der Waals surface area contributed by atoms with Crippen LogP contribution in [0.25, 0.3) is 0 Å². The summed E-state index contributed by atoms with van der Waals surface area (Å²) >= 11 is 1.52. The molecule has 23 heavy (non-hydrogen) atoms. The van der Waals surface area contributed by atoms with Crippen LogP contribution in [0, 0.1) is 6.92 Å². The van der Waals surface area contributed by atoms with Crippen LogP contribution in [0.5, 0.6) is 0 Å². The molecule has 1 atom stereocenters. The highest BCUT2D eigenvalue weighted by atomic mass is 32.1. The number of carbonyl (C=O) groups is 1.